The molecule has 0 fully saturated rings. The molecule has 1 atom stereocenters. The second kappa shape index (κ2) is 8.54. The van der Waals surface area contributed by atoms with Crippen molar-refractivity contribution in [2.45, 2.75) is 45.6 Å². The Kier molecular flexibility index (Phi) is 6.13. The Balaban J connectivity index is 1.63. The third-order valence-corrected chi connectivity index (χ3v) is 4.63. The van der Waals surface area contributed by atoms with Gasteiger partial charge in [0.2, 0.25) is 0 Å². The topological polar surface area (TPSA) is 77.4 Å². The Morgan fingerprint density at radius 3 is 2.93 bits per heavy atom. The van der Waals surface area contributed by atoms with Crippen LogP contribution in [0.3, 0.4) is 0 Å². The van der Waals surface area contributed by atoms with E-state index in [1.165, 1.54) is 0 Å². The van der Waals surface area contributed by atoms with E-state index in [-0.39, 0.29) is 18.1 Å². The molecule has 0 bridgehead atoms. The van der Waals surface area contributed by atoms with Crippen LogP contribution in [0.15, 0.2) is 24.3 Å². The van der Waals surface area contributed by atoms with Gasteiger partial charge < -0.3 is 20.1 Å². The molecule has 1 aromatic carbocycles. The van der Waals surface area contributed by atoms with E-state index < -0.39 is 0 Å². The number of para-hydroxylation sites is 1. The number of hydrogen-bond acceptors (Lipinski definition) is 5. The number of hydrogen-bond donors (Lipinski definition) is 2. The molecule has 1 amide bonds. The van der Waals surface area contributed by atoms with Crippen LogP contribution < -0.4 is 15.4 Å². The fourth-order valence-corrected chi connectivity index (χ4v) is 3.40. The van der Waals surface area contributed by atoms with Gasteiger partial charge in [0.25, 0.3) is 5.91 Å². The second-order valence-corrected chi connectivity index (χ2v) is 7.11. The molecular formula is C20H28N4O3. The third-order valence-electron chi connectivity index (χ3n) is 4.63. The molecule has 3 rings (SSSR count). The van der Waals surface area contributed by atoms with Crippen LogP contribution in [0, 0.1) is 0 Å². The number of nitrogens with one attached hydrogen (secondary N) is 2. The Labute approximate surface area is 160 Å². The molecule has 1 aromatic heterocycles. The average molecular weight is 372 g/mol. The van der Waals surface area contributed by atoms with E-state index in [0.717, 1.165) is 22.6 Å². The third kappa shape index (κ3) is 4.48. The van der Waals surface area contributed by atoms with Crippen molar-refractivity contribution < 1.29 is 14.3 Å². The van der Waals surface area contributed by atoms with Gasteiger partial charge in [0.15, 0.2) is 0 Å². The first-order valence-electron chi connectivity index (χ1n) is 9.29. The lowest BCUT2D eigenvalue weighted by atomic mass is 10.0. The number of methoxy groups -OCH3 is 1. The summed E-state index contributed by atoms with van der Waals surface area (Å²) in [6.07, 6.45) is 0.671. The minimum atomic E-state index is -0.0797. The predicted molar refractivity (Wildman–Crippen MR) is 103 cm³/mol. The summed E-state index contributed by atoms with van der Waals surface area (Å²) in [6.45, 7) is 5.73. The number of benzene rings is 1. The molecule has 2 aromatic rings. The summed E-state index contributed by atoms with van der Waals surface area (Å²) in [5.41, 5.74) is 3.59. The standard InChI is InChI=1S/C20H28N4O3/c1-13(2)22-20(25)19-16-9-15(27-12-17(16)23-24(19)3)11-21-10-14-7-5-6-8-18(14)26-4/h5-8,13,15,21H,9-12H2,1-4H3,(H,22,25)/t15-/m1/s1. The van der Waals surface area contributed by atoms with Crippen molar-refractivity contribution >= 4 is 5.91 Å². The predicted octanol–water partition coefficient (Wildman–Crippen LogP) is 1.80. The van der Waals surface area contributed by atoms with E-state index in [4.69, 9.17) is 9.47 Å². The molecule has 2 heterocycles. The zero-order valence-corrected chi connectivity index (χ0v) is 16.4. The monoisotopic (exact) mass is 372 g/mol. The lowest BCUT2D eigenvalue weighted by Crippen LogP contribution is -2.35. The van der Waals surface area contributed by atoms with Crippen molar-refractivity contribution in [2.75, 3.05) is 13.7 Å². The van der Waals surface area contributed by atoms with Crippen molar-refractivity contribution in [2.24, 2.45) is 7.05 Å². The highest BCUT2D eigenvalue weighted by molar-refractivity contribution is 5.94. The number of amides is 1. The summed E-state index contributed by atoms with van der Waals surface area (Å²) in [7, 11) is 3.49. The number of carbonyl (C=O) groups is 1. The quantitative estimate of drug-likeness (QED) is 0.775. The Hall–Kier alpha value is -2.38. The number of carbonyl (C=O) groups excluding carboxylic acids is 1. The minimum Gasteiger partial charge on any atom is -0.496 e. The normalized spacial score (nSPS) is 16.3. The van der Waals surface area contributed by atoms with Crippen LogP contribution in [-0.2, 0) is 31.4 Å². The maximum atomic E-state index is 12.5. The van der Waals surface area contributed by atoms with Crippen molar-refractivity contribution in [3.05, 3.63) is 46.8 Å². The fourth-order valence-electron chi connectivity index (χ4n) is 3.40. The zero-order valence-electron chi connectivity index (χ0n) is 16.4. The lowest BCUT2D eigenvalue weighted by molar-refractivity contribution is 0.0267. The molecule has 0 saturated heterocycles. The molecular weight excluding hydrogens is 344 g/mol. The van der Waals surface area contributed by atoms with Crippen LogP contribution >= 0.6 is 0 Å². The molecule has 2 N–H and O–H groups in total. The summed E-state index contributed by atoms with van der Waals surface area (Å²) < 4.78 is 13.0. The number of nitrogens with zero attached hydrogens (tertiary/aromatic N) is 2. The molecule has 0 saturated carbocycles. The number of aromatic nitrogens is 2. The largest absolute Gasteiger partial charge is 0.496 e. The van der Waals surface area contributed by atoms with Gasteiger partial charge in [-0.1, -0.05) is 18.2 Å². The van der Waals surface area contributed by atoms with Crippen molar-refractivity contribution in [3.8, 4) is 5.75 Å². The number of fused-ring (bicyclic) bond motifs is 1. The smallest absolute Gasteiger partial charge is 0.270 e. The summed E-state index contributed by atoms with van der Waals surface area (Å²) in [5.74, 6) is 0.792. The maximum Gasteiger partial charge on any atom is 0.270 e. The van der Waals surface area contributed by atoms with E-state index in [1.807, 2.05) is 45.2 Å². The fraction of sp³-hybridized carbons (Fsp3) is 0.500. The van der Waals surface area contributed by atoms with Gasteiger partial charge in [0, 0.05) is 43.7 Å². The number of ether oxygens (including phenoxy) is 2. The van der Waals surface area contributed by atoms with E-state index in [9.17, 15) is 4.79 Å². The molecule has 0 aliphatic carbocycles. The van der Waals surface area contributed by atoms with Gasteiger partial charge in [-0.15, -0.1) is 0 Å². The minimum absolute atomic E-state index is 0.00186. The Morgan fingerprint density at radius 2 is 2.19 bits per heavy atom. The van der Waals surface area contributed by atoms with Gasteiger partial charge >= 0.3 is 0 Å². The van der Waals surface area contributed by atoms with Crippen LogP contribution in [0.4, 0.5) is 0 Å². The molecule has 7 nitrogen and oxygen atoms in total. The maximum absolute atomic E-state index is 12.5. The van der Waals surface area contributed by atoms with Gasteiger partial charge in [-0.3, -0.25) is 9.48 Å². The molecule has 146 valence electrons. The molecule has 7 heteroatoms. The van der Waals surface area contributed by atoms with Crippen LogP contribution in [-0.4, -0.2) is 41.5 Å². The molecule has 0 radical (unpaired) electrons. The molecule has 1 aliphatic heterocycles. The van der Waals surface area contributed by atoms with E-state index in [0.29, 0.717) is 31.8 Å². The highest BCUT2D eigenvalue weighted by atomic mass is 16.5. The van der Waals surface area contributed by atoms with Crippen molar-refractivity contribution in [3.63, 3.8) is 0 Å². The number of rotatable bonds is 7. The van der Waals surface area contributed by atoms with E-state index in [1.54, 1.807) is 11.8 Å². The summed E-state index contributed by atoms with van der Waals surface area (Å²) in [6, 6.07) is 8.04. The first-order valence-corrected chi connectivity index (χ1v) is 9.29. The van der Waals surface area contributed by atoms with Gasteiger partial charge in [0.1, 0.15) is 11.4 Å². The lowest BCUT2D eigenvalue weighted by Gasteiger charge is -2.23. The Bertz CT molecular complexity index is 801. The van der Waals surface area contributed by atoms with Crippen LogP contribution in [0.1, 0.15) is 41.2 Å². The summed E-state index contributed by atoms with van der Waals surface area (Å²) in [4.78, 5) is 12.5. The SMILES string of the molecule is COc1ccccc1CNC[C@H]1Cc2c(nn(C)c2C(=O)NC(C)C)CO1. The summed E-state index contributed by atoms with van der Waals surface area (Å²) >= 11 is 0. The van der Waals surface area contributed by atoms with Gasteiger partial charge in [0.05, 0.1) is 25.5 Å². The van der Waals surface area contributed by atoms with Crippen LogP contribution in [0.2, 0.25) is 0 Å². The van der Waals surface area contributed by atoms with Crippen molar-refractivity contribution in [1.29, 1.82) is 0 Å². The van der Waals surface area contributed by atoms with Gasteiger partial charge in [-0.25, -0.2) is 0 Å². The van der Waals surface area contributed by atoms with Crippen LogP contribution in [0.25, 0.3) is 0 Å². The molecule has 1 aliphatic rings. The number of aryl methyl sites for hydroxylation is 1. The van der Waals surface area contributed by atoms with Gasteiger partial charge in [-0.05, 0) is 19.9 Å². The molecule has 0 unspecified atom stereocenters. The molecule has 27 heavy (non-hydrogen) atoms. The highest BCUT2D eigenvalue weighted by Gasteiger charge is 2.29. The Morgan fingerprint density at radius 1 is 1.41 bits per heavy atom. The van der Waals surface area contributed by atoms with Gasteiger partial charge in [-0.2, -0.15) is 5.10 Å². The highest BCUT2D eigenvalue weighted by Crippen LogP contribution is 2.24. The first kappa shape index (κ1) is 19.4. The van der Waals surface area contributed by atoms with E-state index >= 15 is 0 Å². The first-order chi connectivity index (χ1) is 13.0. The van der Waals surface area contributed by atoms with E-state index in [2.05, 4.69) is 15.7 Å². The van der Waals surface area contributed by atoms with Crippen molar-refractivity contribution in [1.82, 2.24) is 20.4 Å². The molecule has 0 spiro atoms. The average Bonchev–Trinajstić information content (AvgIpc) is 2.96. The van der Waals surface area contributed by atoms with Crippen LogP contribution in [0.5, 0.6) is 5.75 Å². The second-order valence-electron chi connectivity index (χ2n) is 7.11. The summed E-state index contributed by atoms with van der Waals surface area (Å²) in [5, 5.41) is 10.8. The zero-order chi connectivity index (χ0) is 19.4.